The number of carbonyl (C=O) groups is 2. The van der Waals surface area contributed by atoms with Crippen LogP contribution in [0.2, 0.25) is 0 Å². The molecule has 0 aromatic heterocycles. The second-order valence-corrected chi connectivity index (χ2v) is 7.10. The van der Waals surface area contributed by atoms with Crippen molar-refractivity contribution in [2.45, 2.75) is 51.1 Å². The second-order valence-electron chi connectivity index (χ2n) is 7.10. The molecule has 1 aromatic rings. The van der Waals surface area contributed by atoms with Crippen LogP contribution in [0.4, 0.5) is 14.5 Å². The Hall–Kier alpha value is -1.73. The fourth-order valence-corrected chi connectivity index (χ4v) is 4.05. The first-order valence-corrected chi connectivity index (χ1v) is 9.28. The Morgan fingerprint density at radius 3 is 2.52 bits per heavy atom. The number of hydrogen-bond donors (Lipinski definition) is 2. The smallest absolute Gasteiger partial charge is 0.244 e. The van der Waals surface area contributed by atoms with Crippen LogP contribution in [0.25, 0.3) is 0 Å². The van der Waals surface area contributed by atoms with Gasteiger partial charge in [-0.1, -0.05) is 18.9 Å². The maximum atomic E-state index is 13.7. The van der Waals surface area contributed by atoms with Gasteiger partial charge in [0.1, 0.15) is 17.3 Å². The number of likely N-dealkylation sites (N-methyl/N-ethyl adjacent to an activating group) is 1. The van der Waals surface area contributed by atoms with E-state index in [2.05, 4.69) is 10.6 Å². The number of anilines is 1. The standard InChI is InChI=1S/C19H25F2N3O2.ClH/c1-2-24(11-17(25)23-18-13(20)7-5-8-14(18)21)19(26)16-10-12-6-3-4-9-15(12)22-16;/h5,7-8,12,15-16,22H,2-4,6,9-11H2,1H3,(H,23,25);1H. The third kappa shape index (κ3) is 4.96. The Bertz CT molecular complexity index is 655. The van der Waals surface area contributed by atoms with Crippen molar-refractivity contribution in [3.63, 3.8) is 0 Å². The zero-order chi connectivity index (χ0) is 18.7. The molecule has 27 heavy (non-hydrogen) atoms. The number of rotatable bonds is 5. The fraction of sp³-hybridized carbons (Fsp3) is 0.579. The Kier molecular flexibility index (Phi) is 7.56. The van der Waals surface area contributed by atoms with Crippen LogP contribution in [0.3, 0.4) is 0 Å². The highest BCUT2D eigenvalue weighted by Gasteiger charge is 2.39. The topological polar surface area (TPSA) is 61.4 Å². The molecule has 5 nitrogen and oxygen atoms in total. The molecular formula is C19H26ClF2N3O2. The molecule has 1 aliphatic heterocycles. The highest BCUT2D eigenvalue weighted by molar-refractivity contribution is 5.95. The number of nitrogens with zero attached hydrogens (tertiary/aromatic N) is 1. The summed E-state index contributed by atoms with van der Waals surface area (Å²) in [4.78, 5) is 26.4. The van der Waals surface area contributed by atoms with Gasteiger partial charge < -0.3 is 15.5 Å². The van der Waals surface area contributed by atoms with Crippen LogP contribution < -0.4 is 10.6 Å². The van der Waals surface area contributed by atoms with Crippen LogP contribution in [0.5, 0.6) is 0 Å². The van der Waals surface area contributed by atoms with Gasteiger partial charge in [0.15, 0.2) is 0 Å². The lowest BCUT2D eigenvalue weighted by atomic mass is 9.85. The lowest BCUT2D eigenvalue weighted by molar-refractivity contribution is -0.136. The minimum atomic E-state index is -0.839. The van der Waals surface area contributed by atoms with Crippen molar-refractivity contribution in [1.82, 2.24) is 10.2 Å². The van der Waals surface area contributed by atoms with E-state index >= 15 is 0 Å². The first-order chi connectivity index (χ1) is 12.5. The van der Waals surface area contributed by atoms with E-state index in [9.17, 15) is 18.4 Å². The molecule has 1 aromatic carbocycles. The normalized spacial score (nSPS) is 23.9. The summed E-state index contributed by atoms with van der Waals surface area (Å²) in [5.41, 5.74) is -0.481. The van der Waals surface area contributed by atoms with Crippen LogP contribution in [0.15, 0.2) is 18.2 Å². The van der Waals surface area contributed by atoms with E-state index in [4.69, 9.17) is 0 Å². The van der Waals surface area contributed by atoms with E-state index in [0.717, 1.165) is 31.4 Å². The van der Waals surface area contributed by atoms with Crippen LogP contribution >= 0.6 is 12.4 Å². The lowest BCUT2D eigenvalue weighted by Gasteiger charge is -2.25. The predicted octanol–water partition coefficient (Wildman–Crippen LogP) is 3.09. The summed E-state index contributed by atoms with van der Waals surface area (Å²) in [5, 5.41) is 5.64. The molecule has 0 bridgehead atoms. The van der Waals surface area contributed by atoms with E-state index in [0.29, 0.717) is 18.5 Å². The van der Waals surface area contributed by atoms with Gasteiger partial charge in [-0.15, -0.1) is 12.4 Å². The average Bonchev–Trinajstić information content (AvgIpc) is 3.06. The maximum Gasteiger partial charge on any atom is 0.244 e. The molecular weight excluding hydrogens is 376 g/mol. The Morgan fingerprint density at radius 1 is 1.22 bits per heavy atom. The van der Waals surface area contributed by atoms with Gasteiger partial charge in [0.05, 0.1) is 12.6 Å². The van der Waals surface area contributed by atoms with Gasteiger partial charge in [-0.05, 0) is 44.2 Å². The highest BCUT2D eigenvalue weighted by Crippen LogP contribution is 2.33. The first kappa shape index (κ1) is 21.6. The van der Waals surface area contributed by atoms with E-state index in [-0.39, 0.29) is 30.9 Å². The van der Waals surface area contributed by atoms with E-state index in [1.54, 1.807) is 6.92 Å². The Labute approximate surface area is 164 Å². The van der Waals surface area contributed by atoms with Crippen molar-refractivity contribution in [1.29, 1.82) is 0 Å². The number of hydrogen-bond acceptors (Lipinski definition) is 3. The number of fused-ring (bicyclic) bond motifs is 1. The van der Waals surface area contributed by atoms with Crippen LogP contribution in [-0.4, -0.2) is 41.9 Å². The quantitative estimate of drug-likeness (QED) is 0.797. The summed E-state index contributed by atoms with van der Waals surface area (Å²) in [7, 11) is 0. The van der Waals surface area contributed by atoms with Gasteiger partial charge in [-0.25, -0.2) is 8.78 Å². The monoisotopic (exact) mass is 401 g/mol. The number of para-hydroxylation sites is 1. The summed E-state index contributed by atoms with van der Waals surface area (Å²) in [6.45, 7) is 1.92. The average molecular weight is 402 g/mol. The van der Waals surface area contributed by atoms with Crippen molar-refractivity contribution in [2.24, 2.45) is 5.92 Å². The lowest BCUT2D eigenvalue weighted by Crippen LogP contribution is -2.47. The number of carbonyl (C=O) groups excluding carboxylic acids is 2. The molecule has 0 radical (unpaired) electrons. The number of amides is 2. The van der Waals surface area contributed by atoms with Crippen LogP contribution in [0.1, 0.15) is 39.0 Å². The van der Waals surface area contributed by atoms with Gasteiger partial charge in [0.2, 0.25) is 11.8 Å². The fourth-order valence-electron chi connectivity index (χ4n) is 4.05. The molecule has 8 heteroatoms. The summed E-state index contributed by atoms with van der Waals surface area (Å²) in [6, 6.07) is 3.49. The third-order valence-electron chi connectivity index (χ3n) is 5.42. The molecule has 1 saturated carbocycles. The molecule has 3 rings (SSSR count). The van der Waals surface area contributed by atoms with Gasteiger partial charge in [0, 0.05) is 12.6 Å². The second kappa shape index (κ2) is 9.46. The zero-order valence-electron chi connectivity index (χ0n) is 15.3. The van der Waals surface area contributed by atoms with E-state index in [1.807, 2.05) is 0 Å². The van der Waals surface area contributed by atoms with Gasteiger partial charge in [0.25, 0.3) is 0 Å². The maximum absolute atomic E-state index is 13.7. The van der Waals surface area contributed by atoms with Crippen LogP contribution in [-0.2, 0) is 9.59 Å². The molecule has 0 spiro atoms. The summed E-state index contributed by atoms with van der Waals surface area (Å²) >= 11 is 0. The zero-order valence-corrected chi connectivity index (χ0v) is 16.2. The van der Waals surface area contributed by atoms with Crippen molar-refractivity contribution < 1.29 is 18.4 Å². The molecule has 1 heterocycles. The van der Waals surface area contributed by atoms with Crippen molar-refractivity contribution in [3.05, 3.63) is 29.8 Å². The highest BCUT2D eigenvalue weighted by atomic mass is 35.5. The third-order valence-corrected chi connectivity index (χ3v) is 5.42. The predicted molar refractivity (Wildman–Crippen MR) is 102 cm³/mol. The molecule has 2 fully saturated rings. The minimum Gasteiger partial charge on any atom is -0.332 e. The molecule has 2 N–H and O–H groups in total. The van der Waals surface area contributed by atoms with Gasteiger partial charge in [-0.3, -0.25) is 9.59 Å². The van der Waals surface area contributed by atoms with Gasteiger partial charge in [-0.2, -0.15) is 0 Å². The molecule has 2 aliphatic rings. The summed E-state index contributed by atoms with van der Waals surface area (Å²) < 4.78 is 27.3. The summed E-state index contributed by atoms with van der Waals surface area (Å²) in [5.74, 6) is -1.88. The van der Waals surface area contributed by atoms with Crippen molar-refractivity contribution >= 4 is 29.9 Å². The molecule has 2 amide bonds. The van der Waals surface area contributed by atoms with Gasteiger partial charge >= 0.3 is 0 Å². The van der Waals surface area contributed by atoms with E-state index < -0.39 is 23.2 Å². The Balaban J connectivity index is 0.00000261. The molecule has 3 atom stereocenters. The number of nitrogens with one attached hydrogen (secondary N) is 2. The molecule has 1 saturated heterocycles. The SMILES string of the molecule is CCN(CC(=O)Nc1c(F)cccc1F)C(=O)C1CC2CCCCC2N1.Cl. The number of benzene rings is 1. The minimum absolute atomic E-state index is 0. The molecule has 3 unspecified atom stereocenters. The van der Waals surface area contributed by atoms with Crippen molar-refractivity contribution in [2.75, 3.05) is 18.4 Å². The Morgan fingerprint density at radius 2 is 1.89 bits per heavy atom. The van der Waals surface area contributed by atoms with E-state index in [1.165, 1.54) is 23.8 Å². The number of halogens is 3. The molecule has 150 valence electrons. The first-order valence-electron chi connectivity index (χ1n) is 9.28. The van der Waals surface area contributed by atoms with Crippen LogP contribution in [0, 0.1) is 17.6 Å². The summed E-state index contributed by atoms with van der Waals surface area (Å²) in [6.07, 6.45) is 5.42. The van der Waals surface area contributed by atoms with Crippen molar-refractivity contribution in [3.8, 4) is 0 Å². The largest absolute Gasteiger partial charge is 0.332 e. The molecule has 1 aliphatic carbocycles.